The first-order chi connectivity index (χ1) is 7.69. The molecule has 1 N–H and O–H groups in total. The van der Waals surface area contributed by atoms with E-state index in [4.69, 9.17) is 11.6 Å². The van der Waals surface area contributed by atoms with Crippen molar-refractivity contribution in [2.24, 2.45) is 0 Å². The highest BCUT2D eigenvalue weighted by Crippen LogP contribution is 2.36. The molecule has 0 aromatic heterocycles. The van der Waals surface area contributed by atoms with Gasteiger partial charge >= 0.3 is 0 Å². The Balaban J connectivity index is 2.03. The summed E-state index contributed by atoms with van der Waals surface area (Å²) in [6.45, 7) is 0. The van der Waals surface area contributed by atoms with Crippen molar-refractivity contribution < 1.29 is 4.79 Å². The summed E-state index contributed by atoms with van der Waals surface area (Å²) in [4.78, 5) is 13.0. The van der Waals surface area contributed by atoms with Gasteiger partial charge in [0.05, 0.1) is 5.54 Å². The second-order valence-corrected chi connectivity index (χ2v) is 5.24. The van der Waals surface area contributed by atoms with Crippen molar-refractivity contribution in [2.75, 3.05) is 12.1 Å². The molecule has 1 aromatic rings. The van der Waals surface area contributed by atoms with Crippen molar-refractivity contribution in [1.82, 2.24) is 5.32 Å². The second-order valence-electron chi connectivity index (χ2n) is 4.10. The number of halogens is 1. The number of carbonyl (C=O) groups is 1. The van der Waals surface area contributed by atoms with Crippen LogP contribution in [0, 0.1) is 0 Å². The summed E-state index contributed by atoms with van der Waals surface area (Å²) in [6, 6.07) is 7.62. The fraction of sp³-hybridized carbons (Fsp3) is 0.417. The minimum Gasteiger partial charge on any atom is -0.345 e. The molecule has 0 atom stereocenters. The number of rotatable bonds is 4. The van der Waals surface area contributed by atoms with Crippen molar-refractivity contribution in [2.45, 2.75) is 23.3 Å². The summed E-state index contributed by atoms with van der Waals surface area (Å²) in [5.74, 6) is 0.479. The molecule has 1 aromatic carbocycles. The lowest BCUT2D eigenvalue weighted by atomic mass is 10.2. The van der Waals surface area contributed by atoms with Crippen LogP contribution in [0.5, 0.6) is 0 Å². The minimum atomic E-state index is -0.128. The first-order valence-corrected chi connectivity index (χ1v) is 6.98. The molecule has 2 rings (SSSR count). The molecule has 2 nitrogen and oxygen atoms in total. The van der Waals surface area contributed by atoms with Crippen LogP contribution < -0.4 is 5.32 Å². The summed E-state index contributed by atoms with van der Waals surface area (Å²) >= 11 is 7.48. The van der Waals surface area contributed by atoms with Gasteiger partial charge in [-0.1, -0.05) is 0 Å². The van der Waals surface area contributed by atoms with Gasteiger partial charge in [-0.25, -0.2) is 0 Å². The van der Waals surface area contributed by atoms with Crippen LogP contribution in [-0.2, 0) is 0 Å². The van der Waals surface area contributed by atoms with E-state index in [0.29, 0.717) is 11.4 Å². The van der Waals surface area contributed by atoms with Crippen LogP contribution in [0.4, 0.5) is 0 Å². The first-order valence-electron chi connectivity index (χ1n) is 5.22. The lowest BCUT2D eigenvalue weighted by Crippen LogP contribution is -2.38. The van der Waals surface area contributed by atoms with Crippen LogP contribution >= 0.6 is 23.4 Å². The highest BCUT2D eigenvalue weighted by Gasteiger charge is 2.43. The summed E-state index contributed by atoms with van der Waals surface area (Å²) in [5, 5.41) is 2.99. The zero-order chi connectivity index (χ0) is 11.6. The molecule has 0 unspecified atom stereocenters. The molecule has 0 saturated heterocycles. The predicted octanol–water partition coefficient (Wildman–Crippen LogP) is 2.91. The van der Waals surface area contributed by atoms with Crippen molar-refractivity contribution in [3.8, 4) is 0 Å². The predicted molar refractivity (Wildman–Crippen MR) is 68.4 cm³/mol. The molecule has 86 valence electrons. The number of hydrogen-bond donors (Lipinski definition) is 1. The van der Waals surface area contributed by atoms with E-state index in [0.717, 1.165) is 17.7 Å². The number of alkyl halides is 1. The molecule has 1 aliphatic carbocycles. The van der Waals surface area contributed by atoms with Crippen molar-refractivity contribution >= 4 is 29.3 Å². The first kappa shape index (κ1) is 11.8. The molecule has 1 amide bonds. The van der Waals surface area contributed by atoms with Gasteiger partial charge in [0.1, 0.15) is 0 Å². The van der Waals surface area contributed by atoms with E-state index in [1.807, 2.05) is 30.5 Å². The fourth-order valence-electron chi connectivity index (χ4n) is 1.50. The van der Waals surface area contributed by atoms with Crippen LogP contribution in [-0.4, -0.2) is 23.6 Å². The minimum absolute atomic E-state index is 0.0224. The van der Waals surface area contributed by atoms with Crippen LogP contribution in [0.2, 0.25) is 0 Å². The van der Waals surface area contributed by atoms with Gasteiger partial charge in [-0.15, -0.1) is 23.4 Å². The van der Waals surface area contributed by atoms with Gasteiger partial charge < -0.3 is 5.32 Å². The van der Waals surface area contributed by atoms with Gasteiger partial charge in [0.2, 0.25) is 0 Å². The average Bonchev–Trinajstić information content (AvgIpc) is 3.09. The van der Waals surface area contributed by atoms with Crippen molar-refractivity contribution in [3.63, 3.8) is 0 Å². The normalized spacial score (nSPS) is 16.9. The molecule has 16 heavy (non-hydrogen) atoms. The standard InChI is InChI=1S/C12H14ClNOS/c1-16-10-4-2-9(3-5-10)11(15)14-12(8-13)6-7-12/h2-5H,6-8H2,1H3,(H,14,15). The Hall–Kier alpha value is -0.670. The average molecular weight is 256 g/mol. The van der Waals surface area contributed by atoms with Gasteiger partial charge in [0.25, 0.3) is 5.91 Å². The molecule has 1 aliphatic rings. The maximum atomic E-state index is 11.9. The number of hydrogen-bond acceptors (Lipinski definition) is 2. The molecule has 0 bridgehead atoms. The van der Waals surface area contributed by atoms with E-state index in [2.05, 4.69) is 5.32 Å². The molecule has 1 saturated carbocycles. The zero-order valence-electron chi connectivity index (χ0n) is 9.13. The maximum absolute atomic E-state index is 11.9. The molecule has 0 spiro atoms. The number of carbonyl (C=O) groups excluding carboxylic acids is 1. The van der Waals surface area contributed by atoms with Gasteiger partial charge in [0, 0.05) is 16.3 Å². The van der Waals surface area contributed by atoms with Crippen molar-refractivity contribution in [3.05, 3.63) is 29.8 Å². The molecular formula is C12H14ClNOS. The monoisotopic (exact) mass is 255 g/mol. The van der Waals surface area contributed by atoms with Gasteiger partial charge in [0.15, 0.2) is 0 Å². The summed E-state index contributed by atoms with van der Waals surface area (Å²) in [5.41, 5.74) is 0.575. The summed E-state index contributed by atoms with van der Waals surface area (Å²) in [7, 11) is 0. The van der Waals surface area contributed by atoms with Crippen LogP contribution in [0.15, 0.2) is 29.2 Å². The van der Waals surface area contributed by atoms with Crippen LogP contribution in [0.1, 0.15) is 23.2 Å². The number of nitrogens with one attached hydrogen (secondary N) is 1. The van der Waals surface area contributed by atoms with Crippen LogP contribution in [0.25, 0.3) is 0 Å². The number of amides is 1. The van der Waals surface area contributed by atoms with E-state index in [9.17, 15) is 4.79 Å². The topological polar surface area (TPSA) is 29.1 Å². The Kier molecular flexibility index (Phi) is 3.45. The van der Waals surface area contributed by atoms with Crippen molar-refractivity contribution in [1.29, 1.82) is 0 Å². The number of benzene rings is 1. The lowest BCUT2D eigenvalue weighted by molar-refractivity contribution is 0.0936. The Morgan fingerprint density at radius 1 is 1.44 bits per heavy atom. The van der Waals surface area contributed by atoms with Gasteiger partial charge in [-0.2, -0.15) is 0 Å². The van der Waals surface area contributed by atoms with E-state index in [-0.39, 0.29) is 11.4 Å². The fourth-order valence-corrected chi connectivity index (χ4v) is 2.24. The quantitative estimate of drug-likeness (QED) is 0.662. The maximum Gasteiger partial charge on any atom is 0.251 e. The Morgan fingerprint density at radius 3 is 2.50 bits per heavy atom. The Bertz CT molecular complexity index is 387. The third-order valence-electron chi connectivity index (χ3n) is 2.84. The lowest BCUT2D eigenvalue weighted by Gasteiger charge is -2.13. The molecule has 0 heterocycles. The van der Waals surface area contributed by atoms with Crippen LogP contribution in [0.3, 0.4) is 0 Å². The van der Waals surface area contributed by atoms with E-state index in [1.54, 1.807) is 11.8 Å². The third kappa shape index (κ3) is 2.53. The molecule has 0 radical (unpaired) electrons. The number of thioether (sulfide) groups is 1. The molecular weight excluding hydrogens is 242 g/mol. The van der Waals surface area contributed by atoms with E-state index in [1.165, 1.54) is 0 Å². The van der Waals surface area contributed by atoms with E-state index >= 15 is 0 Å². The van der Waals surface area contributed by atoms with Gasteiger partial charge in [-0.05, 0) is 43.4 Å². The third-order valence-corrected chi connectivity index (χ3v) is 4.10. The largest absolute Gasteiger partial charge is 0.345 e. The zero-order valence-corrected chi connectivity index (χ0v) is 10.7. The summed E-state index contributed by atoms with van der Waals surface area (Å²) < 4.78 is 0. The Labute approximate surface area is 105 Å². The highest BCUT2D eigenvalue weighted by atomic mass is 35.5. The van der Waals surface area contributed by atoms with Gasteiger partial charge in [-0.3, -0.25) is 4.79 Å². The summed E-state index contributed by atoms with van der Waals surface area (Å²) in [6.07, 6.45) is 4.00. The SMILES string of the molecule is CSc1ccc(C(=O)NC2(CCl)CC2)cc1. The second kappa shape index (κ2) is 4.68. The molecule has 4 heteroatoms. The molecule has 0 aliphatic heterocycles. The highest BCUT2D eigenvalue weighted by molar-refractivity contribution is 7.98. The Morgan fingerprint density at radius 2 is 2.06 bits per heavy atom. The molecule has 1 fully saturated rings. The van der Waals surface area contributed by atoms with E-state index < -0.39 is 0 Å². The smallest absolute Gasteiger partial charge is 0.251 e.